The maximum absolute atomic E-state index is 5.98. The number of aromatic nitrogens is 1. The molecule has 2 aromatic carbocycles. The number of hydrogen-bond donors (Lipinski definition) is 0. The molecular formula is C20H22ClN3. The van der Waals surface area contributed by atoms with E-state index in [0.29, 0.717) is 0 Å². The van der Waals surface area contributed by atoms with Crippen LogP contribution in [0.1, 0.15) is 5.56 Å². The number of fused-ring (bicyclic) bond motifs is 1. The maximum atomic E-state index is 5.98. The summed E-state index contributed by atoms with van der Waals surface area (Å²) in [5.74, 6) is 0. The molecule has 0 atom stereocenters. The summed E-state index contributed by atoms with van der Waals surface area (Å²) in [6, 6.07) is 17.1. The Bertz CT molecular complexity index is 830. The minimum atomic E-state index is 0.799. The van der Waals surface area contributed by atoms with Crippen LogP contribution in [0.15, 0.2) is 54.7 Å². The third kappa shape index (κ3) is 3.14. The fraction of sp³-hybridized carbons (Fsp3) is 0.300. The first-order valence-corrected chi connectivity index (χ1v) is 8.84. The Morgan fingerprint density at radius 2 is 1.67 bits per heavy atom. The molecule has 1 aliphatic rings. The van der Waals surface area contributed by atoms with Crippen molar-refractivity contribution in [2.24, 2.45) is 7.05 Å². The summed E-state index contributed by atoms with van der Waals surface area (Å²) in [4.78, 5) is 4.98. The molecule has 1 aromatic heterocycles. The van der Waals surface area contributed by atoms with Crippen molar-refractivity contribution in [3.63, 3.8) is 0 Å². The molecule has 1 aliphatic heterocycles. The van der Waals surface area contributed by atoms with E-state index in [-0.39, 0.29) is 0 Å². The van der Waals surface area contributed by atoms with E-state index in [1.54, 1.807) is 0 Å². The molecular weight excluding hydrogens is 318 g/mol. The SMILES string of the molecule is Cn1ccc2ccc(CN3CCN(c4ccc(Cl)cc4)CC3)cc21. The maximum Gasteiger partial charge on any atom is 0.0480 e. The van der Waals surface area contributed by atoms with Crippen molar-refractivity contribution in [3.05, 3.63) is 65.3 Å². The lowest BCUT2D eigenvalue weighted by Gasteiger charge is -2.36. The molecule has 0 bridgehead atoms. The van der Waals surface area contributed by atoms with Crippen LogP contribution in [-0.2, 0) is 13.6 Å². The summed E-state index contributed by atoms with van der Waals surface area (Å²) in [6.07, 6.45) is 2.12. The van der Waals surface area contributed by atoms with Crippen LogP contribution in [0.3, 0.4) is 0 Å². The molecule has 0 radical (unpaired) electrons. The predicted molar refractivity (Wildman–Crippen MR) is 102 cm³/mol. The van der Waals surface area contributed by atoms with Gasteiger partial charge in [0.2, 0.25) is 0 Å². The van der Waals surface area contributed by atoms with Crippen LogP contribution in [0.5, 0.6) is 0 Å². The summed E-state index contributed by atoms with van der Waals surface area (Å²) >= 11 is 5.98. The first-order chi connectivity index (χ1) is 11.7. The molecule has 1 fully saturated rings. The van der Waals surface area contributed by atoms with Gasteiger partial charge in [0.05, 0.1) is 0 Å². The van der Waals surface area contributed by atoms with Gasteiger partial charge in [-0.1, -0.05) is 23.7 Å². The first kappa shape index (κ1) is 15.6. The second-order valence-corrected chi connectivity index (χ2v) is 7.00. The quantitative estimate of drug-likeness (QED) is 0.710. The van der Waals surface area contributed by atoms with Crippen LogP contribution in [-0.4, -0.2) is 35.6 Å². The van der Waals surface area contributed by atoms with Gasteiger partial charge in [0, 0.05) is 62.2 Å². The molecule has 3 nitrogen and oxygen atoms in total. The van der Waals surface area contributed by atoms with Gasteiger partial charge in [0.1, 0.15) is 0 Å². The molecule has 24 heavy (non-hydrogen) atoms. The zero-order valence-corrected chi connectivity index (χ0v) is 14.7. The van der Waals surface area contributed by atoms with Gasteiger partial charge in [-0.25, -0.2) is 0 Å². The van der Waals surface area contributed by atoms with E-state index in [0.717, 1.165) is 37.7 Å². The van der Waals surface area contributed by atoms with Gasteiger partial charge < -0.3 is 9.47 Å². The molecule has 0 spiro atoms. The lowest BCUT2D eigenvalue weighted by molar-refractivity contribution is 0.250. The highest BCUT2D eigenvalue weighted by Gasteiger charge is 2.17. The van der Waals surface area contributed by atoms with E-state index < -0.39 is 0 Å². The third-order valence-corrected chi connectivity index (χ3v) is 5.17. The monoisotopic (exact) mass is 339 g/mol. The number of anilines is 1. The molecule has 2 heterocycles. The Hall–Kier alpha value is -1.97. The van der Waals surface area contributed by atoms with Gasteiger partial charge in [-0.3, -0.25) is 4.90 Å². The standard InChI is InChI=1S/C20H22ClN3/c1-22-9-8-17-3-2-16(14-20(17)22)15-23-10-12-24(13-11-23)19-6-4-18(21)5-7-19/h2-9,14H,10-13,15H2,1H3. The Kier molecular flexibility index (Phi) is 4.21. The van der Waals surface area contributed by atoms with Gasteiger partial charge in [0.25, 0.3) is 0 Å². The minimum Gasteiger partial charge on any atom is -0.369 e. The number of halogens is 1. The summed E-state index contributed by atoms with van der Waals surface area (Å²) in [5, 5.41) is 2.11. The lowest BCUT2D eigenvalue weighted by Crippen LogP contribution is -2.45. The van der Waals surface area contributed by atoms with Gasteiger partial charge in [0.15, 0.2) is 0 Å². The summed E-state index contributed by atoms with van der Waals surface area (Å²) in [5.41, 5.74) is 3.97. The van der Waals surface area contributed by atoms with Gasteiger partial charge in [-0.2, -0.15) is 0 Å². The Balaban J connectivity index is 1.40. The number of aryl methyl sites for hydroxylation is 1. The highest BCUT2D eigenvalue weighted by Crippen LogP contribution is 2.21. The highest BCUT2D eigenvalue weighted by molar-refractivity contribution is 6.30. The van der Waals surface area contributed by atoms with Crippen LogP contribution >= 0.6 is 11.6 Å². The molecule has 1 saturated heterocycles. The molecule has 124 valence electrons. The van der Waals surface area contributed by atoms with Crippen LogP contribution in [0, 0.1) is 0 Å². The number of benzene rings is 2. The topological polar surface area (TPSA) is 11.4 Å². The Morgan fingerprint density at radius 3 is 2.42 bits per heavy atom. The van der Waals surface area contributed by atoms with E-state index >= 15 is 0 Å². The summed E-state index contributed by atoms with van der Waals surface area (Å²) in [7, 11) is 2.11. The molecule has 0 N–H and O–H groups in total. The average molecular weight is 340 g/mol. The van der Waals surface area contributed by atoms with E-state index in [9.17, 15) is 0 Å². The Labute approximate surface area is 148 Å². The molecule has 0 unspecified atom stereocenters. The van der Waals surface area contributed by atoms with Gasteiger partial charge in [-0.15, -0.1) is 0 Å². The second kappa shape index (κ2) is 6.50. The molecule has 0 aliphatic carbocycles. The van der Waals surface area contributed by atoms with Crippen LogP contribution in [0.25, 0.3) is 10.9 Å². The minimum absolute atomic E-state index is 0.799. The number of rotatable bonds is 3. The smallest absolute Gasteiger partial charge is 0.0480 e. The normalized spacial score (nSPS) is 16.0. The fourth-order valence-electron chi connectivity index (χ4n) is 3.48. The van der Waals surface area contributed by atoms with Crippen molar-refractivity contribution in [3.8, 4) is 0 Å². The average Bonchev–Trinajstić information content (AvgIpc) is 2.97. The lowest BCUT2D eigenvalue weighted by atomic mass is 10.1. The Morgan fingerprint density at radius 1 is 0.917 bits per heavy atom. The molecule has 0 amide bonds. The van der Waals surface area contributed by atoms with Crippen molar-refractivity contribution < 1.29 is 0 Å². The van der Waals surface area contributed by atoms with Crippen molar-refractivity contribution in [1.29, 1.82) is 0 Å². The highest BCUT2D eigenvalue weighted by atomic mass is 35.5. The zero-order valence-electron chi connectivity index (χ0n) is 14.0. The van der Waals surface area contributed by atoms with Crippen molar-refractivity contribution >= 4 is 28.2 Å². The number of piperazine rings is 1. The van der Waals surface area contributed by atoms with Gasteiger partial charge in [-0.05, 0) is 47.3 Å². The fourth-order valence-corrected chi connectivity index (χ4v) is 3.61. The van der Waals surface area contributed by atoms with E-state index in [2.05, 4.69) is 64.0 Å². The molecule has 4 rings (SSSR count). The second-order valence-electron chi connectivity index (χ2n) is 6.56. The van der Waals surface area contributed by atoms with E-state index in [1.165, 1.54) is 22.2 Å². The third-order valence-electron chi connectivity index (χ3n) is 4.92. The molecule has 4 heteroatoms. The predicted octanol–water partition coefficient (Wildman–Crippen LogP) is 4.15. The number of nitrogens with zero attached hydrogens (tertiary/aromatic N) is 3. The van der Waals surface area contributed by atoms with E-state index in [4.69, 9.17) is 11.6 Å². The summed E-state index contributed by atoms with van der Waals surface area (Å²) < 4.78 is 2.19. The largest absolute Gasteiger partial charge is 0.369 e. The summed E-state index contributed by atoms with van der Waals surface area (Å²) in [6.45, 7) is 5.33. The van der Waals surface area contributed by atoms with Crippen molar-refractivity contribution in [2.45, 2.75) is 6.54 Å². The van der Waals surface area contributed by atoms with Gasteiger partial charge >= 0.3 is 0 Å². The molecule has 0 saturated carbocycles. The number of hydrogen-bond acceptors (Lipinski definition) is 2. The molecule has 3 aromatic rings. The van der Waals surface area contributed by atoms with Crippen molar-refractivity contribution in [1.82, 2.24) is 9.47 Å². The first-order valence-electron chi connectivity index (χ1n) is 8.46. The van der Waals surface area contributed by atoms with Crippen molar-refractivity contribution in [2.75, 3.05) is 31.1 Å². The zero-order chi connectivity index (χ0) is 16.5. The van der Waals surface area contributed by atoms with Crippen LogP contribution in [0.4, 0.5) is 5.69 Å². The van der Waals surface area contributed by atoms with Crippen LogP contribution < -0.4 is 4.90 Å². The van der Waals surface area contributed by atoms with E-state index in [1.807, 2.05) is 12.1 Å². The van der Waals surface area contributed by atoms with Crippen LogP contribution in [0.2, 0.25) is 5.02 Å².